The van der Waals surface area contributed by atoms with Crippen molar-refractivity contribution in [2.45, 2.75) is 41.6 Å². The van der Waals surface area contributed by atoms with Crippen LogP contribution >= 0.6 is 46.8 Å². The van der Waals surface area contributed by atoms with Crippen molar-refractivity contribution in [3.05, 3.63) is 127 Å². The van der Waals surface area contributed by atoms with Gasteiger partial charge in [-0.15, -0.1) is 4.72 Å². The second kappa shape index (κ2) is 18.5. The minimum Gasteiger partial charge on any atom is -0.593 e. The van der Waals surface area contributed by atoms with Gasteiger partial charge >= 0.3 is 0 Å². The lowest BCUT2D eigenvalue weighted by atomic mass is 9.84. The molecular formula is C39H45Cl3N4O3S2. The molecule has 7 nitrogen and oxygen atoms in total. The summed E-state index contributed by atoms with van der Waals surface area (Å²) in [6.07, 6.45) is 0. The summed E-state index contributed by atoms with van der Waals surface area (Å²) >= 11 is 19.8. The Morgan fingerprint density at radius 2 is 1.29 bits per heavy atom. The van der Waals surface area contributed by atoms with Crippen molar-refractivity contribution in [1.29, 1.82) is 0 Å². The summed E-state index contributed by atoms with van der Waals surface area (Å²) in [6.45, 7) is 8.83. The van der Waals surface area contributed by atoms with Gasteiger partial charge in [0.25, 0.3) is 0 Å². The maximum Gasteiger partial charge on any atom is 0.173 e. The Kier molecular flexibility index (Phi) is 14.1. The van der Waals surface area contributed by atoms with Crippen LogP contribution in [0, 0.1) is 6.92 Å². The minimum absolute atomic E-state index is 0.145. The predicted molar refractivity (Wildman–Crippen MR) is 212 cm³/mol. The molecule has 272 valence electrons. The highest BCUT2D eigenvalue weighted by molar-refractivity contribution is 7.97. The minimum atomic E-state index is -1.33. The molecule has 0 bridgehead atoms. The number of nitrogens with zero attached hydrogens (tertiary/aromatic N) is 2. The van der Waals surface area contributed by atoms with E-state index in [2.05, 4.69) is 76.7 Å². The van der Waals surface area contributed by atoms with Gasteiger partial charge in [-0.3, -0.25) is 4.72 Å². The Balaban J connectivity index is 0.839. The first-order valence-corrected chi connectivity index (χ1v) is 20.3. The molecule has 4 aromatic rings. The Labute approximate surface area is 324 Å². The van der Waals surface area contributed by atoms with E-state index in [1.807, 2.05) is 30.3 Å². The molecule has 2 heterocycles. The van der Waals surface area contributed by atoms with E-state index in [0.717, 1.165) is 64.2 Å². The summed E-state index contributed by atoms with van der Waals surface area (Å²) in [5.41, 5.74) is 8.51. The van der Waals surface area contributed by atoms with E-state index in [4.69, 9.17) is 44.3 Å². The molecule has 0 aromatic heterocycles. The normalized spacial score (nSPS) is 18.4. The molecule has 0 amide bonds. The monoisotopic (exact) mass is 786 g/mol. The quantitative estimate of drug-likeness (QED) is 0.0713. The molecule has 12 heteroatoms. The van der Waals surface area contributed by atoms with E-state index in [0.29, 0.717) is 48.9 Å². The van der Waals surface area contributed by atoms with Crippen molar-refractivity contribution < 1.29 is 14.0 Å². The van der Waals surface area contributed by atoms with Crippen LogP contribution in [0.4, 0.5) is 0 Å². The summed E-state index contributed by atoms with van der Waals surface area (Å²) in [4.78, 5) is 6.48. The lowest BCUT2D eigenvalue weighted by Crippen LogP contribution is -2.31. The summed E-state index contributed by atoms with van der Waals surface area (Å²) in [7, 11) is 4.25. The number of aryl methyl sites for hydroxylation is 1. The average Bonchev–Trinajstić information content (AvgIpc) is 3.11. The standard InChI is InChI=1S/C39H45Cl3N4O3S2/c1-26-18-32-34(22-45(2)24-36(32)38(41)19-26)27-4-8-30(9-5-27)50-43-12-14-48-16-17-49-15-13-44-51(47)31-10-6-28(7-11-31)35-23-46(3)25-37-33(35)20-29(40)21-39(37)42/h4-11,18-21,34-35,43-44H,12-17,22-25H2,1-3H3. The Bertz CT molecular complexity index is 1770. The largest absolute Gasteiger partial charge is 0.593 e. The first-order valence-electron chi connectivity index (χ1n) is 17.2. The fourth-order valence-corrected chi connectivity index (χ4v) is 9.24. The van der Waals surface area contributed by atoms with Crippen molar-refractivity contribution in [3.8, 4) is 0 Å². The van der Waals surface area contributed by atoms with Crippen molar-refractivity contribution in [1.82, 2.24) is 19.2 Å². The van der Waals surface area contributed by atoms with Gasteiger partial charge in [-0.1, -0.05) is 65.1 Å². The number of benzene rings is 4. The molecule has 3 unspecified atom stereocenters. The number of ether oxygens (including phenoxy) is 2. The van der Waals surface area contributed by atoms with Crippen LogP contribution in [0.1, 0.15) is 50.8 Å². The molecule has 3 atom stereocenters. The van der Waals surface area contributed by atoms with Gasteiger partial charge in [0, 0.05) is 64.5 Å². The first kappa shape index (κ1) is 38.9. The zero-order valence-corrected chi connectivity index (χ0v) is 33.1. The van der Waals surface area contributed by atoms with Crippen molar-refractivity contribution >= 4 is 58.1 Å². The molecule has 0 radical (unpaired) electrons. The van der Waals surface area contributed by atoms with Gasteiger partial charge in [0.05, 0.1) is 44.3 Å². The fraction of sp³-hybridized carbons (Fsp3) is 0.385. The van der Waals surface area contributed by atoms with Crippen LogP contribution in [0.2, 0.25) is 15.1 Å². The number of nitrogens with one attached hydrogen (secondary N) is 2. The highest BCUT2D eigenvalue weighted by atomic mass is 35.5. The average molecular weight is 788 g/mol. The molecule has 51 heavy (non-hydrogen) atoms. The molecular weight excluding hydrogens is 743 g/mol. The van der Waals surface area contributed by atoms with Gasteiger partial charge in [-0.2, -0.15) is 0 Å². The maximum atomic E-state index is 12.8. The van der Waals surface area contributed by atoms with Crippen molar-refractivity contribution in [2.75, 3.05) is 66.7 Å². The van der Waals surface area contributed by atoms with Crippen LogP contribution in [-0.4, -0.2) is 81.1 Å². The second-order valence-corrected chi connectivity index (χ2v) is 16.8. The SMILES string of the molecule is Cc1cc(Cl)c2c(c1)C(c1ccc(SNCCOCCOCCN[S+]([O-])c3ccc(C4CN(C)Cc5c(Cl)cc(Cl)cc54)cc3)cc1)CN(C)C2. The van der Waals surface area contributed by atoms with Gasteiger partial charge in [-0.05, 0) is 114 Å². The summed E-state index contributed by atoms with van der Waals surface area (Å²) in [5, 5.41) is 2.21. The number of halogens is 3. The Hall–Kier alpha value is -1.83. The van der Waals surface area contributed by atoms with E-state index in [9.17, 15) is 4.55 Å². The summed E-state index contributed by atoms with van der Waals surface area (Å²) < 4.78 is 30.7. The van der Waals surface area contributed by atoms with Crippen LogP contribution in [0.25, 0.3) is 0 Å². The third kappa shape index (κ3) is 10.2. The number of hydrogen-bond acceptors (Lipinski definition) is 8. The van der Waals surface area contributed by atoms with Gasteiger partial charge in [0.2, 0.25) is 0 Å². The fourth-order valence-electron chi connectivity index (χ4n) is 6.89. The molecule has 2 aliphatic rings. The molecule has 0 fully saturated rings. The Morgan fingerprint density at radius 1 is 0.745 bits per heavy atom. The number of hydrogen-bond donors (Lipinski definition) is 2. The molecule has 0 saturated carbocycles. The third-order valence-corrected chi connectivity index (χ3v) is 12.2. The van der Waals surface area contributed by atoms with E-state index in [1.54, 1.807) is 18.0 Å². The Morgan fingerprint density at radius 3 is 1.92 bits per heavy atom. The van der Waals surface area contributed by atoms with E-state index in [-0.39, 0.29) is 5.92 Å². The van der Waals surface area contributed by atoms with Crippen LogP contribution in [0.5, 0.6) is 0 Å². The van der Waals surface area contributed by atoms with Crippen LogP contribution in [0.15, 0.2) is 82.6 Å². The lowest BCUT2D eigenvalue weighted by Gasteiger charge is -2.33. The molecule has 6 rings (SSSR count). The second-order valence-electron chi connectivity index (χ2n) is 13.3. The van der Waals surface area contributed by atoms with E-state index < -0.39 is 11.4 Å². The maximum absolute atomic E-state index is 12.8. The third-order valence-electron chi connectivity index (χ3n) is 9.33. The molecule has 2 aliphatic heterocycles. The number of likely N-dealkylation sites (N-methyl/N-ethyl adjacent to an activating group) is 2. The van der Waals surface area contributed by atoms with Gasteiger partial charge in [0.1, 0.15) is 0 Å². The van der Waals surface area contributed by atoms with Crippen molar-refractivity contribution in [3.63, 3.8) is 0 Å². The number of rotatable bonds is 15. The molecule has 4 aromatic carbocycles. The predicted octanol–water partition coefficient (Wildman–Crippen LogP) is 8.05. The van der Waals surface area contributed by atoms with Gasteiger partial charge in [0.15, 0.2) is 4.90 Å². The van der Waals surface area contributed by atoms with Gasteiger partial charge in [-0.25, -0.2) is 0 Å². The summed E-state index contributed by atoms with van der Waals surface area (Å²) in [5.74, 6) is 0.455. The van der Waals surface area contributed by atoms with Gasteiger partial charge < -0.3 is 23.8 Å². The molecule has 0 aliphatic carbocycles. The van der Waals surface area contributed by atoms with Crippen LogP contribution in [0.3, 0.4) is 0 Å². The van der Waals surface area contributed by atoms with Crippen LogP contribution < -0.4 is 9.44 Å². The first-order chi connectivity index (χ1) is 24.7. The molecule has 0 saturated heterocycles. The smallest absolute Gasteiger partial charge is 0.173 e. The van der Waals surface area contributed by atoms with Crippen LogP contribution in [-0.2, 0) is 33.9 Å². The highest BCUT2D eigenvalue weighted by Crippen LogP contribution is 2.39. The van der Waals surface area contributed by atoms with E-state index in [1.165, 1.54) is 22.3 Å². The highest BCUT2D eigenvalue weighted by Gasteiger charge is 2.28. The zero-order chi connectivity index (χ0) is 35.9. The van der Waals surface area contributed by atoms with E-state index >= 15 is 0 Å². The van der Waals surface area contributed by atoms with Crippen molar-refractivity contribution in [2.24, 2.45) is 0 Å². The zero-order valence-electron chi connectivity index (χ0n) is 29.2. The summed E-state index contributed by atoms with van der Waals surface area (Å²) in [6, 6.07) is 24.9. The number of fused-ring (bicyclic) bond motifs is 2. The topological polar surface area (TPSA) is 72.1 Å². The molecule has 0 spiro atoms. The lowest BCUT2D eigenvalue weighted by molar-refractivity contribution is 0.0524. The molecule has 2 N–H and O–H groups in total.